The number of hydrogen-bond donors (Lipinski definition) is 1. The van der Waals surface area contributed by atoms with Gasteiger partial charge in [0, 0.05) is 45.1 Å². The van der Waals surface area contributed by atoms with E-state index in [9.17, 15) is 0 Å². The molecule has 0 aromatic carbocycles. The summed E-state index contributed by atoms with van der Waals surface area (Å²) in [5.41, 5.74) is 2.23. The lowest BCUT2D eigenvalue weighted by molar-refractivity contribution is -0.00800. The molecule has 8 heteroatoms. The summed E-state index contributed by atoms with van der Waals surface area (Å²) in [5.74, 6) is 0.888. The van der Waals surface area contributed by atoms with Crippen molar-refractivity contribution in [3.05, 3.63) is 47.0 Å². The van der Waals surface area contributed by atoms with Crippen molar-refractivity contribution in [3.8, 4) is 0 Å². The van der Waals surface area contributed by atoms with Crippen LogP contribution in [0.15, 0.2) is 35.7 Å². The normalized spacial score (nSPS) is 18.4. The van der Waals surface area contributed by atoms with Crippen LogP contribution in [0.3, 0.4) is 0 Å². The molecule has 1 unspecified atom stereocenters. The predicted octanol–water partition coefficient (Wildman–Crippen LogP) is 1.66. The number of nitrogens with one attached hydrogen (secondary N) is 1. The van der Waals surface area contributed by atoms with Gasteiger partial charge in [-0.1, -0.05) is 17.7 Å². The molecule has 1 saturated heterocycles. The van der Waals surface area contributed by atoms with Crippen molar-refractivity contribution in [2.24, 2.45) is 12.0 Å². The fourth-order valence-electron chi connectivity index (χ4n) is 2.85. The van der Waals surface area contributed by atoms with Gasteiger partial charge < -0.3 is 15.0 Å². The van der Waals surface area contributed by atoms with Gasteiger partial charge in [0.1, 0.15) is 11.3 Å². The lowest BCUT2D eigenvalue weighted by Gasteiger charge is -2.34. The summed E-state index contributed by atoms with van der Waals surface area (Å²) >= 11 is 5.82. The van der Waals surface area contributed by atoms with Crippen LogP contribution < -0.4 is 5.32 Å². The number of aryl methyl sites for hydroxylation is 1. The Hall–Kier alpha value is -2.12. The maximum Gasteiger partial charge on any atom is 0.193 e. The minimum Gasteiger partial charge on any atom is -0.370 e. The Bertz CT molecular complexity index is 714. The molecule has 1 aliphatic heterocycles. The summed E-state index contributed by atoms with van der Waals surface area (Å²) < 4.78 is 7.69. The number of guanidine groups is 1. The quantitative estimate of drug-likeness (QED) is 0.509. The van der Waals surface area contributed by atoms with Gasteiger partial charge in [0.2, 0.25) is 0 Å². The molecule has 0 bridgehead atoms. The van der Waals surface area contributed by atoms with E-state index in [1.807, 2.05) is 31.6 Å². The topological polar surface area (TPSA) is 67.6 Å². The summed E-state index contributed by atoms with van der Waals surface area (Å²) in [4.78, 5) is 10.7. The number of aliphatic imine (C=N–C) groups is 1. The van der Waals surface area contributed by atoms with Crippen LogP contribution in [-0.4, -0.2) is 58.9 Å². The van der Waals surface area contributed by atoms with Crippen LogP contribution in [0, 0.1) is 0 Å². The first-order valence-corrected chi connectivity index (χ1v) is 8.69. The molecule has 25 heavy (non-hydrogen) atoms. The fourth-order valence-corrected chi connectivity index (χ4v) is 2.97. The summed E-state index contributed by atoms with van der Waals surface area (Å²) in [6, 6.07) is 3.80. The van der Waals surface area contributed by atoms with Crippen molar-refractivity contribution in [1.82, 2.24) is 25.0 Å². The number of pyridine rings is 1. The van der Waals surface area contributed by atoms with Gasteiger partial charge in [0.15, 0.2) is 5.96 Å². The third kappa shape index (κ3) is 4.70. The molecule has 3 heterocycles. The minimum absolute atomic E-state index is 0.0152. The van der Waals surface area contributed by atoms with Gasteiger partial charge >= 0.3 is 0 Å². The van der Waals surface area contributed by atoms with Crippen LogP contribution >= 0.6 is 11.6 Å². The van der Waals surface area contributed by atoms with E-state index in [0.29, 0.717) is 11.8 Å². The Morgan fingerprint density at radius 3 is 3.00 bits per heavy atom. The molecule has 1 fully saturated rings. The zero-order chi connectivity index (χ0) is 17.6. The average Bonchev–Trinajstić information content (AvgIpc) is 3.07. The third-order valence-corrected chi connectivity index (χ3v) is 4.38. The number of nitrogens with zero attached hydrogens (tertiary/aromatic N) is 5. The Kier molecular flexibility index (Phi) is 5.88. The second kappa shape index (κ2) is 8.31. The fraction of sp³-hybridized carbons (Fsp3) is 0.471. The van der Waals surface area contributed by atoms with Gasteiger partial charge in [-0.05, 0) is 18.1 Å². The molecule has 134 valence electrons. The Morgan fingerprint density at radius 2 is 2.32 bits per heavy atom. The summed E-state index contributed by atoms with van der Waals surface area (Å²) in [6.07, 6.45) is 6.54. The Labute approximate surface area is 152 Å². The molecular formula is C17H23ClN6O. The maximum atomic E-state index is 5.89. The average molecular weight is 363 g/mol. The second-order valence-electron chi connectivity index (χ2n) is 5.97. The molecule has 0 spiro atoms. The van der Waals surface area contributed by atoms with Crippen molar-refractivity contribution in [3.63, 3.8) is 0 Å². The highest BCUT2D eigenvalue weighted by molar-refractivity contribution is 6.29. The van der Waals surface area contributed by atoms with Crippen LogP contribution in [0.25, 0.3) is 0 Å². The van der Waals surface area contributed by atoms with E-state index in [2.05, 4.69) is 25.3 Å². The van der Waals surface area contributed by atoms with Crippen molar-refractivity contribution < 1.29 is 4.74 Å². The van der Waals surface area contributed by atoms with E-state index < -0.39 is 0 Å². The first-order chi connectivity index (χ1) is 12.2. The molecule has 0 amide bonds. The zero-order valence-corrected chi connectivity index (χ0v) is 15.3. The maximum absolute atomic E-state index is 5.89. The Morgan fingerprint density at radius 1 is 1.44 bits per heavy atom. The van der Waals surface area contributed by atoms with Crippen LogP contribution in [0.1, 0.15) is 17.2 Å². The second-order valence-corrected chi connectivity index (χ2v) is 6.35. The van der Waals surface area contributed by atoms with Gasteiger partial charge in [-0.2, -0.15) is 5.10 Å². The third-order valence-electron chi connectivity index (χ3n) is 4.16. The molecule has 0 saturated carbocycles. The van der Waals surface area contributed by atoms with E-state index >= 15 is 0 Å². The summed E-state index contributed by atoms with van der Waals surface area (Å²) in [7, 11) is 3.72. The van der Waals surface area contributed by atoms with E-state index in [4.69, 9.17) is 16.3 Å². The Balaban J connectivity index is 1.54. The number of halogens is 1. The van der Waals surface area contributed by atoms with E-state index in [-0.39, 0.29) is 6.10 Å². The van der Waals surface area contributed by atoms with E-state index in [1.165, 1.54) is 0 Å². The van der Waals surface area contributed by atoms with Crippen LogP contribution in [0.4, 0.5) is 0 Å². The van der Waals surface area contributed by atoms with Crippen LogP contribution in [0.5, 0.6) is 0 Å². The molecule has 7 nitrogen and oxygen atoms in total. The molecular weight excluding hydrogens is 340 g/mol. The first kappa shape index (κ1) is 17.7. The molecule has 1 atom stereocenters. The highest BCUT2D eigenvalue weighted by Gasteiger charge is 2.24. The summed E-state index contributed by atoms with van der Waals surface area (Å²) in [5, 5.41) is 8.16. The van der Waals surface area contributed by atoms with Gasteiger partial charge in [0.25, 0.3) is 0 Å². The molecule has 1 aliphatic rings. The number of morpholine rings is 1. The molecule has 0 radical (unpaired) electrons. The van der Waals surface area contributed by atoms with Crippen molar-refractivity contribution in [2.75, 3.05) is 33.3 Å². The molecule has 1 N–H and O–H groups in total. The lowest BCUT2D eigenvalue weighted by atomic mass is 10.1. The van der Waals surface area contributed by atoms with E-state index in [1.54, 1.807) is 17.9 Å². The molecule has 3 rings (SSSR count). The van der Waals surface area contributed by atoms with Crippen molar-refractivity contribution in [1.29, 1.82) is 0 Å². The highest BCUT2D eigenvalue weighted by atomic mass is 35.5. The van der Waals surface area contributed by atoms with Gasteiger partial charge in [-0.25, -0.2) is 4.98 Å². The van der Waals surface area contributed by atoms with Crippen molar-refractivity contribution >= 4 is 17.6 Å². The molecule has 0 aliphatic carbocycles. The number of aromatic nitrogens is 3. The molecule has 2 aromatic heterocycles. The van der Waals surface area contributed by atoms with Gasteiger partial charge in [0.05, 0.1) is 19.3 Å². The van der Waals surface area contributed by atoms with Gasteiger partial charge in [-0.15, -0.1) is 0 Å². The first-order valence-electron chi connectivity index (χ1n) is 8.32. The zero-order valence-electron chi connectivity index (χ0n) is 14.5. The minimum atomic E-state index is 0.0152. The smallest absolute Gasteiger partial charge is 0.193 e. The predicted molar refractivity (Wildman–Crippen MR) is 97.8 cm³/mol. The standard InChI is InChI=1S/C17H23ClN6O/c1-19-17(20-6-5-13-3-4-16(18)21-9-13)24-7-8-25-15(12-24)14-10-22-23(2)11-14/h3-4,9-11,15H,5-8,12H2,1-2H3,(H,19,20). The number of rotatable bonds is 4. The SMILES string of the molecule is CN=C(NCCc1ccc(Cl)nc1)N1CCOC(c2cnn(C)c2)C1. The largest absolute Gasteiger partial charge is 0.370 e. The molecule has 2 aromatic rings. The highest BCUT2D eigenvalue weighted by Crippen LogP contribution is 2.21. The number of ether oxygens (including phenoxy) is 1. The van der Waals surface area contributed by atoms with Crippen LogP contribution in [0.2, 0.25) is 5.15 Å². The lowest BCUT2D eigenvalue weighted by Crippen LogP contribution is -2.48. The van der Waals surface area contributed by atoms with E-state index in [0.717, 1.165) is 43.1 Å². The summed E-state index contributed by atoms with van der Waals surface area (Å²) in [6.45, 7) is 3.03. The van der Waals surface area contributed by atoms with Crippen molar-refractivity contribution in [2.45, 2.75) is 12.5 Å². The van der Waals surface area contributed by atoms with Gasteiger partial charge in [-0.3, -0.25) is 9.67 Å². The number of hydrogen-bond acceptors (Lipinski definition) is 4. The monoisotopic (exact) mass is 362 g/mol. The van der Waals surface area contributed by atoms with Crippen LogP contribution in [-0.2, 0) is 18.2 Å².